The van der Waals surface area contributed by atoms with Gasteiger partial charge in [-0.3, -0.25) is 0 Å². The van der Waals surface area contributed by atoms with Crippen LogP contribution in [-0.2, 0) is 21.7 Å². The highest BCUT2D eigenvalue weighted by atomic mass is 16.7. The molecule has 3 rings (SSSR count). The van der Waals surface area contributed by atoms with Gasteiger partial charge in [-0.25, -0.2) is 0 Å². The molecule has 0 spiro atoms. The van der Waals surface area contributed by atoms with E-state index in [1.165, 1.54) is 0 Å². The van der Waals surface area contributed by atoms with Crippen LogP contribution < -0.4 is 0 Å². The first kappa shape index (κ1) is 14.3. The monoisotopic (exact) mass is 290 g/mol. The number of rotatable bonds is 3. The van der Waals surface area contributed by atoms with Crippen molar-refractivity contribution in [2.24, 2.45) is 0 Å². The van der Waals surface area contributed by atoms with Crippen molar-refractivity contribution in [2.45, 2.75) is 12.2 Å². The Kier molecular flexibility index (Phi) is 3.89. The molecule has 1 heterocycles. The van der Waals surface area contributed by atoms with Crippen LogP contribution in [0.2, 0.25) is 0 Å². The second kappa shape index (κ2) is 5.99. The van der Waals surface area contributed by atoms with E-state index >= 15 is 0 Å². The zero-order valence-corrected chi connectivity index (χ0v) is 12.0. The van der Waals surface area contributed by atoms with Crippen LogP contribution in [0.15, 0.2) is 48.5 Å². The molecule has 0 unspecified atom stereocenters. The Labute approximate surface area is 129 Å². The van der Waals surface area contributed by atoms with E-state index in [1.54, 1.807) is 18.2 Å². The first-order valence-electron chi connectivity index (χ1n) is 7.03. The number of nitriles is 2. The summed E-state index contributed by atoms with van der Waals surface area (Å²) in [6.45, 7) is 1.02. The van der Waals surface area contributed by atoms with Gasteiger partial charge in [0.25, 0.3) is 0 Å². The highest BCUT2D eigenvalue weighted by molar-refractivity contribution is 5.37. The summed E-state index contributed by atoms with van der Waals surface area (Å²) in [5.74, 6) is -0.888. The predicted octanol–water partition coefficient (Wildman–Crippen LogP) is 2.87. The van der Waals surface area contributed by atoms with Crippen molar-refractivity contribution in [1.82, 2.24) is 0 Å². The van der Waals surface area contributed by atoms with Gasteiger partial charge in [-0.1, -0.05) is 24.3 Å². The van der Waals surface area contributed by atoms with Crippen molar-refractivity contribution >= 4 is 0 Å². The van der Waals surface area contributed by atoms with Gasteiger partial charge in [0, 0.05) is 12.0 Å². The van der Waals surface area contributed by atoms with Crippen molar-refractivity contribution < 1.29 is 9.47 Å². The van der Waals surface area contributed by atoms with Crippen molar-refractivity contribution in [2.75, 3.05) is 13.2 Å². The maximum Gasteiger partial charge on any atom is 0.199 e. The van der Waals surface area contributed by atoms with Crippen LogP contribution in [-0.4, -0.2) is 13.2 Å². The topological polar surface area (TPSA) is 66.0 Å². The molecule has 22 heavy (non-hydrogen) atoms. The van der Waals surface area contributed by atoms with Gasteiger partial charge >= 0.3 is 0 Å². The van der Waals surface area contributed by atoms with Crippen molar-refractivity contribution in [1.29, 1.82) is 10.5 Å². The number of hydrogen-bond donors (Lipinski definition) is 0. The molecular formula is C18H14N2O2. The zero-order chi connectivity index (χ0) is 15.4. The van der Waals surface area contributed by atoms with Crippen LogP contribution in [0.25, 0.3) is 0 Å². The fourth-order valence-corrected chi connectivity index (χ4v) is 2.67. The molecule has 0 amide bonds. The molecule has 0 aromatic heterocycles. The minimum absolute atomic E-state index is 0.497. The molecule has 1 aliphatic heterocycles. The fourth-order valence-electron chi connectivity index (χ4n) is 2.67. The first-order chi connectivity index (χ1) is 10.8. The summed E-state index contributed by atoms with van der Waals surface area (Å²) in [5, 5.41) is 18.1. The molecular weight excluding hydrogens is 276 g/mol. The number of ether oxygens (including phenoxy) is 2. The number of nitrogens with zero attached hydrogens (tertiary/aromatic N) is 2. The zero-order valence-electron chi connectivity index (χ0n) is 12.0. The molecule has 0 bridgehead atoms. The van der Waals surface area contributed by atoms with Crippen LogP contribution in [0.1, 0.15) is 22.3 Å². The summed E-state index contributed by atoms with van der Waals surface area (Å²) in [6.07, 6.45) is 0.497. The minimum atomic E-state index is -0.888. The van der Waals surface area contributed by atoms with Crippen LogP contribution in [0.3, 0.4) is 0 Å². The third kappa shape index (κ3) is 2.71. The Morgan fingerprint density at radius 2 is 1.55 bits per heavy atom. The average Bonchev–Trinajstić information content (AvgIpc) is 3.05. The Bertz CT molecular complexity index is 765. The molecule has 0 N–H and O–H groups in total. The van der Waals surface area contributed by atoms with Gasteiger partial charge in [-0.15, -0.1) is 0 Å². The third-order valence-corrected chi connectivity index (χ3v) is 3.68. The van der Waals surface area contributed by atoms with Crippen LogP contribution in [0.4, 0.5) is 0 Å². The average molecular weight is 290 g/mol. The largest absolute Gasteiger partial charge is 0.343 e. The Hall–Kier alpha value is -2.66. The number of benzene rings is 2. The van der Waals surface area contributed by atoms with Gasteiger partial charge in [0.1, 0.15) is 0 Å². The van der Waals surface area contributed by atoms with E-state index in [0.29, 0.717) is 30.8 Å². The second-order valence-electron chi connectivity index (χ2n) is 5.13. The standard InChI is InChI=1S/C18H14N2O2/c19-12-15-4-1-3-14(9-15)11-18(21-7-8-22-18)17-6-2-5-16(10-17)13-20/h1-6,9-10H,7-8,11H2. The lowest BCUT2D eigenvalue weighted by molar-refractivity contribution is -0.164. The van der Waals surface area contributed by atoms with E-state index in [-0.39, 0.29) is 0 Å². The summed E-state index contributed by atoms with van der Waals surface area (Å²) < 4.78 is 11.8. The Balaban J connectivity index is 1.98. The third-order valence-electron chi connectivity index (χ3n) is 3.68. The summed E-state index contributed by atoms with van der Waals surface area (Å²) in [5.41, 5.74) is 2.97. The van der Waals surface area contributed by atoms with Crippen LogP contribution in [0, 0.1) is 22.7 Å². The molecule has 1 fully saturated rings. The van der Waals surface area contributed by atoms with E-state index in [2.05, 4.69) is 12.1 Å². The first-order valence-corrected chi connectivity index (χ1v) is 7.03. The molecule has 2 aromatic carbocycles. The summed E-state index contributed by atoms with van der Waals surface area (Å²) in [6, 6.07) is 18.9. The summed E-state index contributed by atoms with van der Waals surface area (Å²) >= 11 is 0. The van der Waals surface area contributed by atoms with Gasteiger partial charge in [0.2, 0.25) is 0 Å². The molecule has 108 valence electrons. The SMILES string of the molecule is N#Cc1cccc(CC2(c3cccc(C#N)c3)OCCO2)c1. The normalized spacial score (nSPS) is 15.9. The van der Waals surface area contributed by atoms with Crippen molar-refractivity contribution in [3.63, 3.8) is 0 Å². The second-order valence-corrected chi connectivity index (χ2v) is 5.13. The maximum atomic E-state index is 9.08. The molecule has 0 saturated carbocycles. The van der Waals surface area contributed by atoms with E-state index in [4.69, 9.17) is 20.0 Å². The maximum absolute atomic E-state index is 9.08. The van der Waals surface area contributed by atoms with Gasteiger partial charge in [-0.2, -0.15) is 10.5 Å². The lowest BCUT2D eigenvalue weighted by Gasteiger charge is -2.28. The Morgan fingerprint density at radius 1 is 0.909 bits per heavy atom. The molecule has 2 aromatic rings. The van der Waals surface area contributed by atoms with Gasteiger partial charge < -0.3 is 9.47 Å². The minimum Gasteiger partial charge on any atom is -0.343 e. The predicted molar refractivity (Wildman–Crippen MR) is 79.6 cm³/mol. The van der Waals surface area contributed by atoms with E-state index in [9.17, 15) is 0 Å². The van der Waals surface area contributed by atoms with Crippen LogP contribution >= 0.6 is 0 Å². The highest BCUT2D eigenvalue weighted by Crippen LogP contribution is 2.35. The summed E-state index contributed by atoms with van der Waals surface area (Å²) in [4.78, 5) is 0. The van der Waals surface area contributed by atoms with Crippen LogP contribution in [0.5, 0.6) is 0 Å². The molecule has 4 nitrogen and oxygen atoms in total. The molecule has 0 atom stereocenters. The van der Waals surface area contributed by atoms with E-state index in [0.717, 1.165) is 11.1 Å². The molecule has 0 aliphatic carbocycles. The molecule has 0 radical (unpaired) electrons. The quantitative estimate of drug-likeness (QED) is 0.871. The van der Waals surface area contributed by atoms with Crippen molar-refractivity contribution in [3.8, 4) is 12.1 Å². The van der Waals surface area contributed by atoms with E-state index in [1.807, 2.05) is 30.3 Å². The smallest absolute Gasteiger partial charge is 0.199 e. The molecule has 4 heteroatoms. The van der Waals surface area contributed by atoms with E-state index < -0.39 is 5.79 Å². The lowest BCUT2D eigenvalue weighted by Crippen LogP contribution is -2.30. The molecule has 1 aliphatic rings. The van der Waals surface area contributed by atoms with Gasteiger partial charge in [0.05, 0.1) is 36.5 Å². The molecule has 1 saturated heterocycles. The Morgan fingerprint density at radius 3 is 2.23 bits per heavy atom. The van der Waals surface area contributed by atoms with Gasteiger partial charge in [-0.05, 0) is 29.8 Å². The summed E-state index contributed by atoms with van der Waals surface area (Å²) in [7, 11) is 0. The number of hydrogen-bond acceptors (Lipinski definition) is 4. The van der Waals surface area contributed by atoms with Crippen molar-refractivity contribution in [3.05, 3.63) is 70.8 Å². The lowest BCUT2D eigenvalue weighted by atomic mass is 9.95. The highest BCUT2D eigenvalue weighted by Gasteiger charge is 2.39. The fraction of sp³-hybridized carbons (Fsp3) is 0.222. The van der Waals surface area contributed by atoms with Gasteiger partial charge in [0.15, 0.2) is 5.79 Å².